The second-order valence-electron chi connectivity index (χ2n) is 2.89. The van der Waals surface area contributed by atoms with Crippen molar-refractivity contribution >= 4 is 6.08 Å². The van der Waals surface area contributed by atoms with E-state index < -0.39 is 0 Å². The van der Waals surface area contributed by atoms with Gasteiger partial charge in [0.15, 0.2) is 0 Å². The van der Waals surface area contributed by atoms with Crippen LogP contribution in [-0.4, -0.2) is 12.1 Å². The Morgan fingerprint density at radius 2 is 1.90 bits per heavy atom. The van der Waals surface area contributed by atoms with Crippen molar-refractivity contribution in [3.63, 3.8) is 0 Å². The summed E-state index contributed by atoms with van der Waals surface area (Å²) in [6, 6.07) is 0.246. The number of aliphatic imine (C=N–C) groups is 1. The first-order chi connectivity index (χ1) is 4.83. The van der Waals surface area contributed by atoms with Crippen LogP contribution >= 0.6 is 0 Å². The van der Waals surface area contributed by atoms with Crippen LogP contribution in [0.2, 0.25) is 0 Å². The van der Waals surface area contributed by atoms with Crippen molar-refractivity contribution in [3.05, 3.63) is 6.92 Å². The SMILES string of the molecule is [CH2]C1CCC(N=C=O)CC1. The Bertz CT molecular complexity index is 141. The fourth-order valence-electron chi connectivity index (χ4n) is 1.35. The number of hydrogen-bond donors (Lipinski definition) is 0. The summed E-state index contributed by atoms with van der Waals surface area (Å²) in [5.74, 6) is 0.582. The second-order valence-corrected chi connectivity index (χ2v) is 2.89. The van der Waals surface area contributed by atoms with E-state index in [0.29, 0.717) is 5.92 Å². The molecule has 1 radical (unpaired) electrons. The van der Waals surface area contributed by atoms with Gasteiger partial charge in [-0.3, -0.25) is 0 Å². The summed E-state index contributed by atoms with van der Waals surface area (Å²) in [6.45, 7) is 3.95. The molecule has 0 heterocycles. The maximum absolute atomic E-state index is 9.85. The van der Waals surface area contributed by atoms with E-state index in [-0.39, 0.29) is 6.04 Å². The highest BCUT2D eigenvalue weighted by Gasteiger charge is 2.16. The van der Waals surface area contributed by atoms with Crippen LogP contribution in [0.1, 0.15) is 25.7 Å². The van der Waals surface area contributed by atoms with Gasteiger partial charge in [0.05, 0.1) is 6.04 Å². The van der Waals surface area contributed by atoms with Crippen LogP contribution in [0, 0.1) is 12.8 Å². The summed E-state index contributed by atoms with van der Waals surface area (Å²) >= 11 is 0. The van der Waals surface area contributed by atoms with Crippen LogP contribution in [0.4, 0.5) is 0 Å². The normalized spacial score (nSPS) is 32.9. The van der Waals surface area contributed by atoms with E-state index in [1.165, 1.54) is 0 Å². The van der Waals surface area contributed by atoms with Crippen molar-refractivity contribution in [1.82, 2.24) is 0 Å². The molecule has 1 fully saturated rings. The molecular formula is C8H12NO. The minimum Gasteiger partial charge on any atom is -0.211 e. The summed E-state index contributed by atoms with van der Waals surface area (Å²) in [7, 11) is 0. The van der Waals surface area contributed by atoms with Gasteiger partial charge in [-0.1, -0.05) is 6.92 Å². The van der Waals surface area contributed by atoms with E-state index in [0.717, 1.165) is 25.7 Å². The third-order valence-electron chi connectivity index (χ3n) is 2.05. The summed E-state index contributed by atoms with van der Waals surface area (Å²) in [5, 5.41) is 0. The average molecular weight is 138 g/mol. The molecule has 0 aliphatic heterocycles. The molecule has 1 aliphatic carbocycles. The van der Waals surface area contributed by atoms with Crippen LogP contribution in [-0.2, 0) is 4.79 Å². The van der Waals surface area contributed by atoms with Gasteiger partial charge < -0.3 is 0 Å². The minimum absolute atomic E-state index is 0.246. The molecule has 10 heavy (non-hydrogen) atoms. The molecule has 1 rings (SSSR count). The van der Waals surface area contributed by atoms with Gasteiger partial charge in [0.25, 0.3) is 0 Å². The van der Waals surface area contributed by atoms with Crippen LogP contribution in [0.15, 0.2) is 4.99 Å². The molecule has 0 atom stereocenters. The maximum atomic E-state index is 9.85. The van der Waals surface area contributed by atoms with Gasteiger partial charge in [-0.05, 0) is 31.6 Å². The maximum Gasteiger partial charge on any atom is 0.235 e. The number of isocyanates is 1. The Labute approximate surface area is 61.3 Å². The molecule has 1 aliphatic rings. The Morgan fingerprint density at radius 3 is 2.40 bits per heavy atom. The summed E-state index contributed by atoms with van der Waals surface area (Å²) in [4.78, 5) is 13.5. The third-order valence-corrected chi connectivity index (χ3v) is 2.05. The molecular weight excluding hydrogens is 126 g/mol. The minimum atomic E-state index is 0.246. The molecule has 0 aromatic rings. The van der Waals surface area contributed by atoms with Gasteiger partial charge in [-0.2, -0.15) is 0 Å². The number of nitrogens with zero attached hydrogens (tertiary/aromatic N) is 1. The van der Waals surface area contributed by atoms with E-state index in [1.54, 1.807) is 6.08 Å². The quantitative estimate of drug-likeness (QED) is 0.400. The van der Waals surface area contributed by atoms with E-state index in [2.05, 4.69) is 11.9 Å². The Balaban J connectivity index is 2.32. The lowest BCUT2D eigenvalue weighted by Crippen LogP contribution is -2.14. The van der Waals surface area contributed by atoms with Gasteiger partial charge >= 0.3 is 0 Å². The summed E-state index contributed by atoms with van der Waals surface area (Å²) in [6.07, 6.45) is 5.86. The molecule has 0 aromatic heterocycles. The van der Waals surface area contributed by atoms with E-state index in [1.807, 2.05) is 0 Å². The smallest absolute Gasteiger partial charge is 0.211 e. The molecule has 0 amide bonds. The van der Waals surface area contributed by atoms with Crippen molar-refractivity contribution in [2.45, 2.75) is 31.7 Å². The standard InChI is InChI=1S/C8H12NO/c1-7-2-4-8(5-3-7)9-6-10/h7-8H,1-5H2. The van der Waals surface area contributed by atoms with Crippen molar-refractivity contribution in [1.29, 1.82) is 0 Å². The number of hydrogen-bond acceptors (Lipinski definition) is 2. The summed E-state index contributed by atoms with van der Waals surface area (Å²) in [5.41, 5.74) is 0. The lowest BCUT2D eigenvalue weighted by molar-refractivity contribution is 0.373. The predicted molar refractivity (Wildman–Crippen MR) is 39.2 cm³/mol. The molecule has 0 bridgehead atoms. The monoisotopic (exact) mass is 138 g/mol. The molecule has 0 N–H and O–H groups in total. The van der Waals surface area contributed by atoms with E-state index in [9.17, 15) is 4.79 Å². The molecule has 0 spiro atoms. The summed E-state index contributed by atoms with van der Waals surface area (Å²) < 4.78 is 0. The molecule has 0 saturated heterocycles. The van der Waals surface area contributed by atoms with E-state index in [4.69, 9.17) is 0 Å². The Morgan fingerprint density at radius 1 is 1.30 bits per heavy atom. The van der Waals surface area contributed by atoms with Gasteiger partial charge in [-0.25, -0.2) is 9.79 Å². The van der Waals surface area contributed by atoms with Gasteiger partial charge in [-0.15, -0.1) is 0 Å². The zero-order chi connectivity index (χ0) is 7.40. The topological polar surface area (TPSA) is 29.4 Å². The zero-order valence-electron chi connectivity index (χ0n) is 6.05. The molecule has 2 nitrogen and oxygen atoms in total. The lowest BCUT2D eigenvalue weighted by atomic mass is 9.88. The first kappa shape index (κ1) is 7.49. The highest BCUT2D eigenvalue weighted by Crippen LogP contribution is 2.24. The largest absolute Gasteiger partial charge is 0.235 e. The zero-order valence-corrected chi connectivity index (χ0v) is 6.05. The van der Waals surface area contributed by atoms with Crippen LogP contribution < -0.4 is 0 Å². The molecule has 0 aromatic carbocycles. The highest BCUT2D eigenvalue weighted by atomic mass is 16.1. The highest BCUT2D eigenvalue weighted by molar-refractivity contribution is 5.33. The second kappa shape index (κ2) is 3.52. The van der Waals surface area contributed by atoms with Gasteiger partial charge in [0.2, 0.25) is 6.08 Å². The van der Waals surface area contributed by atoms with Crippen LogP contribution in [0.25, 0.3) is 0 Å². The fraction of sp³-hybridized carbons (Fsp3) is 0.750. The molecule has 0 unspecified atom stereocenters. The van der Waals surface area contributed by atoms with Crippen LogP contribution in [0.5, 0.6) is 0 Å². The Kier molecular flexibility index (Phi) is 2.64. The Hall–Kier alpha value is -0.620. The van der Waals surface area contributed by atoms with E-state index >= 15 is 0 Å². The molecule has 1 saturated carbocycles. The van der Waals surface area contributed by atoms with Crippen LogP contribution in [0.3, 0.4) is 0 Å². The van der Waals surface area contributed by atoms with Crippen molar-refractivity contribution in [2.24, 2.45) is 10.9 Å². The molecule has 55 valence electrons. The predicted octanol–water partition coefficient (Wildman–Crippen LogP) is 1.72. The van der Waals surface area contributed by atoms with Gasteiger partial charge in [0, 0.05) is 0 Å². The first-order valence-corrected chi connectivity index (χ1v) is 3.73. The van der Waals surface area contributed by atoms with Crippen molar-refractivity contribution < 1.29 is 4.79 Å². The first-order valence-electron chi connectivity index (χ1n) is 3.73. The van der Waals surface area contributed by atoms with Gasteiger partial charge in [0.1, 0.15) is 0 Å². The fourth-order valence-corrected chi connectivity index (χ4v) is 1.35. The van der Waals surface area contributed by atoms with Crippen molar-refractivity contribution in [2.75, 3.05) is 0 Å². The number of rotatable bonds is 1. The third kappa shape index (κ3) is 1.96. The lowest BCUT2D eigenvalue weighted by Gasteiger charge is -2.21. The average Bonchev–Trinajstić information content (AvgIpc) is 1.95. The van der Waals surface area contributed by atoms with Crippen molar-refractivity contribution in [3.8, 4) is 0 Å². The number of carbonyl (C=O) groups excluding carboxylic acids is 1. The molecule has 2 heteroatoms.